The predicted octanol–water partition coefficient (Wildman–Crippen LogP) is 3.65. The summed E-state index contributed by atoms with van der Waals surface area (Å²) >= 11 is 0. The number of hydrogen-bond acceptors (Lipinski definition) is 3. The van der Waals surface area contributed by atoms with Gasteiger partial charge in [-0.2, -0.15) is 0 Å². The highest BCUT2D eigenvalue weighted by molar-refractivity contribution is 5.88. The van der Waals surface area contributed by atoms with Gasteiger partial charge in [0.05, 0.1) is 18.2 Å². The molecule has 3 N–H and O–H groups in total. The summed E-state index contributed by atoms with van der Waals surface area (Å²) in [7, 11) is 0. The van der Waals surface area contributed by atoms with Crippen LogP contribution < -0.4 is 11.1 Å². The first-order valence-electron chi connectivity index (χ1n) is 8.85. The van der Waals surface area contributed by atoms with Crippen molar-refractivity contribution in [1.82, 2.24) is 5.32 Å². The minimum absolute atomic E-state index is 0.0178. The van der Waals surface area contributed by atoms with Gasteiger partial charge < -0.3 is 15.5 Å². The summed E-state index contributed by atoms with van der Waals surface area (Å²) in [5.41, 5.74) is 9.94. The van der Waals surface area contributed by atoms with E-state index in [1.807, 2.05) is 0 Å². The second kappa shape index (κ2) is 6.25. The molecule has 0 bridgehead atoms. The van der Waals surface area contributed by atoms with Gasteiger partial charge in [0.15, 0.2) is 0 Å². The molecule has 0 spiro atoms. The number of hydrogen-bond donors (Lipinski definition) is 2. The minimum Gasteiger partial charge on any atom is -0.464 e. The lowest BCUT2D eigenvalue weighted by Crippen LogP contribution is -2.53. The van der Waals surface area contributed by atoms with Crippen molar-refractivity contribution in [3.63, 3.8) is 0 Å². The molecule has 1 aliphatic rings. The summed E-state index contributed by atoms with van der Waals surface area (Å²) in [6.07, 6.45) is 4.35. The van der Waals surface area contributed by atoms with Crippen molar-refractivity contribution in [2.75, 3.05) is 6.54 Å². The summed E-state index contributed by atoms with van der Waals surface area (Å²) in [6.45, 7) is 9.00. The first-order chi connectivity index (χ1) is 11.3. The quantitative estimate of drug-likeness (QED) is 0.850. The van der Waals surface area contributed by atoms with E-state index in [1.54, 1.807) is 6.26 Å². The van der Waals surface area contributed by atoms with E-state index >= 15 is 0 Å². The maximum Gasteiger partial charge on any atom is 0.225 e. The van der Waals surface area contributed by atoms with E-state index in [-0.39, 0.29) is 11.4 Å². The normalized spacial score (nSPS) is 17.2. The molecular formula is C20H28N2O2. The highest BCUT2D eigenvalue weighted by atomic mass is 16.3. The number of fused-ring (bicyclic) bond motifs is 1. The van der Waals surface area contributed by atoms with Crippen molar-refractivity contribution in [2.45, 2.75) is 58.4 Å². The van der Waals surface area contributed by atoms with Crippen LogP contribution >= 0.6 is 0 Å². The van der Waals surface area contributed by atoms with Crippen LogP contribution in [0.15, 0.2) is 22.8 Å². The standard InChI is InChI=1S/C20H28N2O2/c1-12(2)16-9-17-14(10-24-18(17)7-13(16)3)8-19(23)22-20(4,11-21)15-5-6-15/h7,9-10,12,15H,5-6,8,11,21H2,1-4H3,(H,22,23). The van der Waals surface area contributed by atoms with E-state index in [0.29, 0.717) is 24.8 Å². The first-order valence-corrected chi connectivity index (χ1v) is 8.85. The van der Waals surface area contributed by atoms with Crippen molar-refractivity contribution in [2.24, 2.45) is 11.7 Å². The van der Waals surface area contributed by atoms with Crippen LogP contribution in [-0.2, 0) is 11.2 Å². The molecule has 1 fully saturated rings. The molecule has 24 heavy (non-hydrogen) atoms. The fraction of sp³-hybridized carbons (Fsp3) is 0.550. The number of nitrogens with two attached hydrogens (primary N) is 1. The molecule has 1 unspecified atom stereocenters. The SMILES string of the molecule is Cc1cc2occ(CC(=O)NC(C)(CN)C3CC3)c2cc1C(C)C. The average molecular weight is 328 g/mol. The van der Waals surface area contributed by atoms with E-state index < -0.39 is 0 Å². The van der Waals surface area contributed by atoms with Gasteiger partial charge in [-0.25, -0.2) is 0 Å². The molecule has 0 aliphatic heterocycles. The molecule has 4 nitrogen and oxygen atoms in total. The Labute approximate surface area is 143 Å². The number of benzene rings is 1. The van der Waals surface area contributed by atoms with E-state index in [2.05, 4.69) is 45.1 Å². The highest BCUT2D eigenvalue weighted by Crippen LogP contribution is 2.39. The van der Waals surface area contributed by atoms with Crippen LogP contribution in [0.1, 0.15) is 56.2 Å². The Morgan fingerprint density at radius 1 is 1.42 bits per heavy atom. The lowest BCUT2D eigenvalue weighted by Gasteiger charge is -2.29. The molecule has 1 aromatic heterocycles. The number of furan rings is 1. The van der Waals surface area contributed by atoms with Gasteiger partial charge in [-0.15, -0.1) is 0 Å². The molecule has 1 aliphatic carbocycles. The molecule has 1 saturated carbocycles. The molecule has 0 saturated heterocycles. The summed E-state index contributed by atoms with van der Waals surface area (Å²) in [4.78, 5) is 12.5. The van der Waals surface area contributed by atoms with Crippen molar-refractivity contribution < 1.29 is 9.21 Å². The van der Waals surface area contributed by atoms with E-state index in [9.17, 15) is 4.79 Å². The Balaban J connectivity index is 1.82. The molecule has 130 valence electrons. The largest absolute Gasteiger partial charge is 0.464 e. The van der Waals surface area contributed by atoms with Crippen molar-refractivity contribution in [3.8, 4) is 0 Å². The second-order valence-electron chi connectivity index (χ2n) is 7.74. The van der Waals surface area contributed by atoms with Crippen LogP contribution in [-0.4, -0.2) is 18.0 Å². The number of rotatable bonds is 6. The topological polar surface area (TPSA) is 68.3 Å². The number of aryl methyl sites for hydroxylation is 1. The monoisotopic (exact) mass is 328 g/mol. The van der Waals surface area contributed by atoms with Gasteiger partial charge in [-0.05, 0) is 61.8 Å². The third-order valence-corrected chi connectivity index (χ3v) is 5.34. The fourth-order valence-corrected chi connectivity index (χ4v) is 3.58. The molecule has 4 heteroatoms. The van der Waals surface area contributed by atoms with Gasteiger partial charge in [-0.1, -0.05) is 13.8 Å². The van der Waals surface area contributed by atoms with Crippen LogP contribution in [0.2, 0.25) is 0 Å². The van der Waals surface area contributed by atoms with Crippen molar-refractivity contribution >= 4 is 16.9 Å². The van der Waals surface area contributed by atoms with E-state index in [0.717, 1.165) is 29.4 Å². The summed E-state index contributed by atoms with van der Waals surface area (Å²) in [6, 6.07) is 4.24. The minimum atomic E-state index is -0.281. The maximum atomic E-state index is 12.5. The molecular weight excluding hydrogens is 300 g/mol. The van der Waals surface area contributed by atoms with Crippen LogP contribution in [0, 0.1) is 12.8 Å². The third kappa shape index (κ3) is 3.20. The number of amides is 1. The molecule has 1 aromatic carbocycles. The molecule has 1 atom stereocenters. The van der Waals surface area contributed by atoms with Crippen LogP contribution in [0.5, 0.6) is 0 Å². The van der Waals surface area contributed by atoms with Gasteiger partial charge in [0.2, 0.25) is 5.91 Å². The zero-order valence-corrected chi connectivity index (χ0v) is 15.1. The number of carbonyl (C=O) groups is 1. The number of carbonyl (C=O) groups excluding carboxylic acids is 1. The van der Waals surface area contributed by atoms with Gasteiger partial charge in [0, 0.05) is 17.5 Å². The van der Waals surface area contributed by atoms with Crippen molar-refractivity contribution in [3.05, 3.63) is 35.1 Å². The smallest absolute Gasteiger partial charge is 0.225 e. The Morgan fingerprint density at radius 2 is 2.12 bits per heavy atom. The van der Waals surface area contributed by atoms with Crippen molar-refractivity contribution in [1.29, 1.82) is 0 Å². The Morgan fingerprint density at radius 3 is 2.71 bits per heavy atom. The number of nitrogens with one attached hydrogen (secondary N) is 1. The van der Waals surface area contributed by atoms with Crippen LogP contribution in [0.3, 0.4) is 0 Å². The molecule has 2 aromatic rings. The summed E-state index contributed by atoms with van der Waals surface area (Å²) in [5.74, 6) is 0.980. The highest BCUT2D eigenvalue weighted by Gasteiger charge is 2.41. The third-order valence-electron chi connectivity index (χ3n) is 5.34. The van der Waals surface area contributed by atoms with Gasteiger partial charge in [0.25, 0.3) is 0 Å². The zero-order valence-electron chi connectivity index (χ0n) is 15.1. The zero-order chi connectivity index (χ0) is 17.5. The van der Waals surface area contributed by atoms with Crippen LogP contribution in [0.4, 0.5) is 0 Å². The molecule has 1 amide bonds. The van der Waals surface area contributed by atoms with E-state index in [4.69, 9.17) is 10.2 Å². The van der Waals surface area contributed by atoms with Crippen LogP contribution in [0.25, 0.3) is 11.0 Å². The average Bonchev–Trinajstić information content (AvgIpc) is 3.31. The fourth-order valence-electron chi connectivity index (χ4n) is 3.58. The Kier molecular flexibility index (Phi) is 4.43. The molecule has 1 heterocycles. The summed E-state index contributed by atoms with van der Waals surface area (Å²) in [5, 5.41) is 4.19. The predicted molar refractivity (Wildman–Crippen MR) is 97.1 cm³/mol. The molecule has 3 rings (SSSR count). The first kappa shape index (κ1) is 17.0. The molecule has 0 radical (unpaired) electrons. The summed E-state index contributed by atoms with van der Waals surface area (Å²) < 4.78 is 5.68. The van der Waals surface area contributed by atoms with E-state index in [1.165, 1.54) is 11.1 Å². The Bertz CT molecular complexity index is 758. The van der Waals surface area contributed by atoms with Gasteiger partial charge in [-0.3, -0.25) is 4.79 Å². The van der Waals surface area contributed by atoms with Gasteiger partial charge in [0.1, 0.15) is 5.58 Å². The second-order valence-corrected chi connectivity index (χ2v) is 7.74. The maximum absolute atomic E-state index is 12.5. The Hall–Kier alpha value is -1.81. The lowest BCUT2D eigenvalue weighted by atomic mass is 9.94. The van der Waals surface area contributed by atoms with Gasteiger partial charge >= 0.3 is 0 Å². The lowest BCUT2D eigenvalue weighted by molar-refractivity contribution is -0.122.